The number of rotatable bonds is 4. The Bertz CT molecular complexity index is 667. The Hall–Kier alpha value is -1.89. The highest BCUT2D eigenvalue weighted by Crippen LogP contribution is 2.39. The van der Waals surface area contributed by atoms with Gasteiger partial charge in [0.2, 0.25) is 5.91 Å². The molecule has 2 heterocycles. The number of carbonyl (C=O) groups excluding carboxylic acids is 3. The molecule has 2 aliphatic rings. The predicted octanol–water partition coefficient (Wildman–Crippen LogP) is 2.86. The smallest absolute Gasteiger partial charge is 0.327 e. The number of amides is 4. The highest BCUT2D eigenvalue weighted by Gasteiger charge is 2.55. The van der Waals surface area contributed by atoms with Gasteiger partial charge in [-0.3, -0.25) is 14.5 Å². The molecule has 1 spiro atoms. The summed E-state index contributed by atoms with van der Waals surface area (Å²) in [5.41, 5.74) is -0.729. The first-order valence-electron chi connectivity index (χ1n) is 8.77. The molecule has 7 heteroatoms. The van der Waals surface area contributed by atoms with Crippen molar-refractivity contribution < 1.29 is 14.4 Å². The van der Waals surface area contributed by atoms with Gasteiger partial charge in [-0.15, -0.1) is 11.3 Å². The van der Waals surface area contributed by atoms with Gasteiger partial charge in [0.05, 0.1) is 6.04 Å². The third kappa shape index (κ3) is 2.94. The summed E-state index contributed by atoms with van der Waals surface area (Å²) in [5.74, 6) is -0.422. The van der Waals surface area contributed by atoms with Crippen LogP contribution in [0.5, 0.6) is 0 Å². The van der Waals surface area contributed by atoms with Crippen LogP contribution in [-0.4, -0.2) is 58.7 Å². The molecule has 6 nitrogen and oxygen atoms in total. The summed E-state index contributed by atoms with van der Waals surface area (Å²) in [4.78, 5) is 43.6. The van der Waals surface area contributed by atoms with Crippen LogP contribution in [0.15, 0.2) is 17.5 Å². The molecular weight excluding hydrogens is 338 g/mol. The fourth-order valence-electron chi connectivity index (χ4n) is 3.85. The molecule has 0 aromatic carbocycles. The Morgan fingerprint density at radius 3 is 2.60 bits per heavy atom. The van der Waals surface area contributed by atoms with Gasteiger partial charge in [0.15, 0.2) is 0 Å². The van der Waals surface area contributed by atoms with Crippen LogP contribution in [0.3, 0.4) is 0 Å². The first-order chi connectivity index (χ1) is 11.9. The zero-order valence-electron chi connectivity index (χ0n) is 15.0. The van der Waals surface area contributed by atoms with Crippen LogP contribution >= 0.6 is 11.3 Å². The van der Waals surface area contributed by atoms with E-state index in [0.29, 0.717) is 12.8 Å². The Kier molecular flexibility index (Phi) is 4.86. The van der Waals surface area contributed by atoms with Crippen molar-refractivity contribution in [2.45, 2.75) is 50.6 Å². The molecule has 1 saturated heterocycles. The van der Waals surface area contributed by atoms with Gasteiger partial charge >= 0.3 is 6.03 Å². The maximum Gasteiger partial charge on any atom is 0.327 e. The largest absolute Gasteiger partial charge is 0.337 e. The highest BCUT2D eigenvalue weighted by atomic mass is 32.1. The van der Waals surface area contributed by atoms with E-state index in [0.717, 1.165) is 29.0 Å². The third-order valence-corrected chi connectivity index (χ3v) is 6.75. The van der Waals surface area contributed by atoms with E-state index in [9.17, 15) is 14.4 Å². The molecule has 4 amide bonds. The topological polar surface area (TPSA) is 60.9 Å². The molecule has 1 aromatic rings. The second-order valence-corrected chi connectivity index (χ2v) is 8.00. The first-order valence-corrected chi connectivity index (χ1v) is 9.65. The SMILES string of the molecule is CC(c1cccs1)N(C)C(=O)CN1C(=O)N(C)C2(CCCCC2)C1=O. The van der Waals surface area contributed by atoms with Crippen LogP contribution in [0, 0.1) is 0 Å². The molecule has 0 bridgehead atoms. The lowest BCUT2D eigenvalue weighted by atomic mass is 9.81. The lowest BCUT2D eigenvalue weighted by molar-refractivity contribution is -0.140. The van der Waals surface area contributed by atoms with Crippen molar-refractivity contribution >= 4 is 29.2 Å². The Morgan fingerprint density at radius 1 is 1.32 bits per heavy atom. The van der Waals surface area contributed by atoms with E-state index >= 15 is 0 Å². The number of carbonyl (C=O) groups is 3. The van der Waals surface area contributed by atoms with E-state index in [1.54, 1.807) is 35.2 Å². The molecule has 0 radical (unpaired) electrons. The molecule has 2 fully saturated rings. The van der Waals surface area contributed by atoms with E-state index in [4.69, 9.17) is 0 Å². The minimum Gasteiger partial charge on any atom is -0.337 e. The Labute approximate surface area is 152 Å². The normalized spacial score (nSPS) is 21.1. The predicted molar refractivity (Wildman–Crippen MR) is 96.2 cm³/mol. The first kappa shape index (κ1) is 17.9. The average molecular weight is 363 g/mol. The number of hydrogen-bond acceptors (Lipinski definition) is 4. The second-order valence-electron chi connectivity index (χ2n) is 7.02. The summed E-state index contributed by atoms with van der Waals surface area (Å²) < 4.78 is 0. The number of hydrogen-bond donors (Lipinski definition) is 0. The van der Waals surface area contributed by atoms with E-state index in [1.807, 2.05) is 24.4 Å². The summed E-state index contributed by atoms with van der Waals surface area (Å²) in [6.45, 7) is 1.77. The highest BCUT2D eigenvalue weighted by molar-refractivity contribution is 7.10. The fraction of sp³-hybridized carbons (Fsp3) is 0.611. The van der Waals surface area contributed by atoms with Crippen molar-refractivity contribution in [1.29, 1.82) is 0 Å². The monoisotopic (exact) mass is 363 g/mol. The molecule has 0 N–H and O–H groups in total. The zero-order valence-corrected chi connectivity index (χ0v) is 15.8. The van der Waals surface area contributed by atoms with E-state index < -0.39 is 5.54 Å². The van der Waals surface area contributed by atoms with Crippen molar-refractivity contribution in [2.75, 3.05) is 20.6 Å². The quantitative estimate of drug-likeness (QED) is 0.773. The van der Waals surface area contributed by atoms with Crippen LogP contribution in [-0.2, 0) is 9.59 Å². The van der Waals surface area contributed by atoms with Gasteiger partial charge in [0, 0.05) is 19.0 Å². The molecule has 3 rings (SSSR count). The second kappa shape index (κ2) is 6.78. The molecule has 1 aliphatic heterocycles. The summed E-state index contributed by atoms with van der Waals surface area (Å²) in [7, 11) is 3.41. The average Bonchev–Trinajstić information content (AvgIpc) is 3.22. The van der Waals surface area contributed by atoms with Crippen LogP contribution in [0.4, 0.5) is 4.79 Å². The molecule has 136 valence electrons. The van der Waals surface area contributed by atoms with Gasteiger partial charge in [-0.2, -0.15) is 0 Å². The van der Waals surface area contributed by atoms with Crippen molar-refractivity contribution in [2.24, 2.45) is 0 Å². The van der Waals surface area contributed by atoms with Gasteiger partial charge < -0.3 is 9.80 Å². The van der Waals surface area contributed by atoms with Gasteiger partial charge in [0.1, 0.15) is 12.1 Å². The molecule has 1 saturated carbocycles. The zero-order chi connectivity index (χ0) is 18.2. The lowest BCUT2D eigenvalue weighted by Crippen LogP contribution is -2.49. The number of thiophene rings is 1. The van der Waals surface area contributed by atoms with E-state index in [-0.39, 0.29) is 30.4 Å². The Morgan fingerprint density at radius 2 is 2.00 bits per heavy atom. The molecule has 1 aromatic heterocycles. The van der Waals surface area contributed by atoms with Crippen LogP contribution < -0.4 is 0 Å². The number of imide groups is 1. The number of nitrogens with zero attached hydrogens (tertiary/aromatic N) is 3. The molecule has 1 aliphatic carbocycles. The molecule has 1 atom stereocenters. The summed E-state index contributed by atoms with van der Waals surface area (Å²) in [6.07, 6.45) is 4.37. The summed E-state index contributed by atoms with van der Waals surface area (Å²) >= 11 is 1.59. The van der Waals surface area contributed by atoms with Crippen LogP contribution in [0.2, 0.25) is 0 Å². The molecular formula is C18H25N3O3S. The molecule has 1 unspecified atom stereocenters. The maximum atomic E-state index is 13.0. The van der Waals surface area contributed by atoms with Gasteiger partial charge in [0.25, 0.3) is 5.91 Å². The van der Waals surface area contributed by atoms with Crippen molar-refractivity contribution in [3.63, 3.8) is 0 Å². The summed E-state index contributed by atoms with van der Waals surface area (Å²) in [5, 5.41) is 1.97. The van der Waals surface area contributed by atoms with E-state index in [1.165, 1.54) is 0 Å². The van der Waals surface area contributed by atoms with Gasteiger partial charge in [-0.05, 0) is 31.2 Å². The minimum atomic E-state index is -0.729. The van der Waals surface area contributed by atoms with Gasteiger partial charge in [-0.25, -0.2) is 4.79 Å². The van der Waals surface area contributed by atoms with Gasteiger partial charge in [-0.1, -0.05) is 25.3 Å². The summed E-state index contributed by atoms with van der Waals surface area (Å²) in [6, 6.07) is 3.50. The van der Waals surface area contributed by atoms with Crippen molar-refractivity contribution in [1.82, 2.24) is 14.7 Å². The fourth-order valence-corrected chi connectivity index (χ4v) is 4.68. The van der Waals surface area contributed by atoms with Crippen LogP contribution in [0.1, 0.15) is 49.9 Å². The minimum absolute atomic E-state index is 0.0818. The third-order valence-electron chi connectivity index (χ3n) is 5.71. The standard InChI is InChI=1S/C18H25N3O3S/c1-13(14-8-7-11-25-14)19(2)15(22)12-21-16(23)18(20(3)17(21)24)9-5-4-6-10-18/h7-8,11,13H,4-6,9-10,12H2,1-3H3. The molecule has 25 heavy (non-hydrogen) atoms. The van der Waals surface area contributed by atoms with Crippen molar-refractivity contribution in [3.05, 3.63) is 22.4 Å². The van der Waals surface area contributed by atoms with E-state index in [2.05, 4.69) is 0 Å². The Balaban J connectivity index is 1.72. The number of urea groups is 1. The lowest BCUT2D eigenvalue weighted by Gasteiger charge is -2.35. The van der Waals surface area contributed by atoms with Crippen LogP contribution in [0.25, 0.3) is 0 Å². The number of likely N-dealkylation sites (N-methyl/N-ethyl adjacent to an activating group) is 2. The maximum absolute atomic E-state index is 13.0. The van der Waals surface area contributed by atoms with Crippen molar-refractivity contribution in [3.8, 4) is 0 Å².